The molecule has 0 bridgehead atoms. The van der Waals surface area contributed by atoms with Gasteiger partial charge in [-0.3, -0.25) is 0 Å². The Kier molecular flexibility index (Phi) is 12.8. The average Bonchev–Trinajstić information content (AvgIpc) is 2.84. The zero-order valence-electron chi connectivity index (χ0n) is 21.1. The van der Waals surface area contributed by atoms with E-state index >= 15 is 0 Å². The lowest BCUT2D eigenvalue weighted by atomic mass is 10.1. The molecular weight excluding hydrogens is 552 g/mol. The van der Waals surface area contributed by atoms with Gasteiger partial charge in [-0.05, 0) is 68.7 Å². The van der Waals surface area contributed by atoms with Crippen LogP contribution in [0.4, 0.5) is 13.6 Å². The number of halogens is 3. The molecule has 37 heavy (non-hydrogen) atoms. The number of hydrogen-bond acceptors (Lipinski definition) is 5. The maximum Gasteiger partial charge on any atom is 0.415 e. The molecule has 2 aromatic rings. The van der Waals surface area contributed by atoms with Crippen molar-refractivity contribution in [1.29, 1.82) is 0 Å². The molecule has 0 saturated carbocycles. The van der Waals surface area contributed by atoms with E-state index < -0.39 is 24.1 Å². The van der Waals surface area contributed by atoms with Crippen molar-refractivity contribution < 1.29 is 37.7 Å². The van der Waals surface area contributed by atoms with Crippen molar-refractivity contribution in [3.8, 4) is 11.5 Å². The number of rotatable bonds is 16. The van der Waals surface area contributed by atoms with Gasteiger partial charge in [-0.1, -0.05) is 34.5 Å². The number of carboxylic acid groups (broad SMARTS) is 1. The Balaban J connectivity index is 1.90. The highest BCUT2D eigenvalue weighted by molar-refractivity contribution is 9.10. The molecule has 0 aromatic heterocycles. The van der Waals surface area contributed by atoms with Gasteiger partial charge in [-0.25, -0.2) is 18.4 Å². The van der Waals surface area contributed by atoms with Crippen molar-refractivity contribution in [3.63, 3.8) is 0 Å². The highest BCUT2D eigenvalue weighted by Gasteiger charge is 2.21. The normalized spacial score (nSPS) is 12.1. The van der Waals surface area contributed by atoms with Crippen molar-refractivity contribution in [1.82, 2.24) is 4.90 Å². The maximum atomic E-state index is 13.1. The number of hydrogen-bond donors (Lipinski definition) is 1. The second-order valence-corrected chi connectivity index (χ2v) is 9.58. The first-order valence-electron chi connectivity index (χ1n) is 12.2. The van der Waals surface area contributed by atoms with Crippen LogP contribution in [-0.4, -0.2) is 60.4 Å². The number of nitrogens with zero attached hydrogens (tertiary/aromatic N) is 1. The van der Waals surface area contributed by atoms with Gasteiger partial charge in [0.15, 0.2) is 6.10 Å². The molecule has 10 heteroatoms. The van der Waals surface area contributed by atoms with Crippen molar-refractivity contribution in [2.24, 2.45) is 0 Å². The van der Waals surface area contributed by atoms with Crippen molar-refractivity contribution in [3.05, 3.63) is 58.6 Å². The summed E-state index contributed by atoms with van der Waals surface area (Å²) in [4.78, 5) is 25.6. The van der Waals surface area contributed by atoms with Gasteiger partial charge in [0.05, 0.1) is 6.54 Å². The zero-order chi connectivity index (χ0) is 27.3. The largest absolute Gasteiger partial charge is 0.492 e. The van der Waals surface area contributed by atoms with Gasteiger partial charge in [-0.15, -0.1) is 0 Å². The maximum absolute atomic E-state index is 13.1. The lowest BCUT2D eigenvalue weighted by molar-refractivity contribution is -0.149. The molecule has 0 fully saturated rings. The van der Waals surface area contributed by atoms with Crippen molar-refractivity contribution in [2.75, 3.05) is 26.3 Å². The molecule has 1 amide bonds. The number of alkyl halides is 2. The van der Waals surface area contributed by atoms with Crippen LogP contribution >= 0.6 is 15.9 Å². The van der Waals surface area contributed by atoms with E-state index in [1.165, 1.54) is 4.90 Å². The van der Waals surface area contributed by atoms with E-state index in [9.17, 15) is 23.5 Å². The summed E-state index contributed by atoms with van der Waals surface area (Å²) >= 11 is 3.34. The van der Waals surface area contributed by atoms with Crippen LogP contribution in [0, 0.1) is 0 Å². The van der Waals surface area contributed by atoms with E-state index in [1.807, 2.05) is 0 Å². The standard InChI is InChI=1S/C27H34BrF2NO6/c1-3-35-24(25(32)33)19-20-7-11-22(12-8-20)36-18-17-31(16-6-4-5-15-27(2,29)30)26(34)37-23-13-9-21(28)10-14-23/h7-14,24H,3-6,15-19H2,1-2H3,(H,32,33). The molecule has 0 spiro atoms. The van der Waals surface area contributed by atoms with Gasteiger partial charge in [-0.2, -0.15) is 0 Å². The SMILES string of the molecule is CCOC(Cc1ccc(OCCN(CCCCCC(C)(F)F)C(=O)Oc2ccc(Br)cc2)cc1)C(=O)O. The van der Waals surface area contributed by atoms with E-state index in [2.05, 4.69) is 15.9 Å². The minimum atomic E-state index is -2.69. The van der Waals surface area contributed by atoms with Gasteiger partial charge in [0, 0.05) is 30.5 Å². The van der Waals surface area contributed by atoms with Crippen LogP contribution in [-0.2, 0) is 16.0 Å². The monoisotopic (exact) mass is 585 g/mol. The molecule has 1 unspecified atom stereocenters. The third-order valence-corrected chi connectivity index (χ3v) is 5.97. The molecule has 0 heterocycles. The minimum Gasteiger partial charge on any atom is -0.492 e. The first kappa shape index (κ1) is 30.5. The Bertz CT molecular complexity index is 966. The van der Waals surface area contributed by atoms with Crippen LogP contribution in [0.25, 0.3) is 0 Å². The highest BCUT2D eigenvalue weighted by atomic mass is 79.9. The summed E-state index contributed by atoms with van der Waals surface area (Å²) in [6.45, 7) is 3.74. The molecule has 0 radical (unpaired) electrons. The van der Waals surface area contributed by atoms with Crippen LogP contribution in [0.1, 0.15) is 45.1 Å². The van der Waals surface area contributed by atoms with Crippen LogP contribution < -0.4 is 9.47 Å². The first-order chi connectivity index (χ1) is 17.6. The number of unbranched alkanes of at least 4 members (excludes halogenated alkanes) is 2. The number of amides is 1. The molecule has 0 aliphatic heterocycles. The number of ether oxygens (including phenoxy) is 3. The third-order valence-electron chi connectivity index (χ3n) is 5.44. The lowest BCUT2D eigenvalue weighted by Crippen LogP contribution is -2.37. The number of benzene rings is 2. The second kappa shape index (κ2) is 15.5. The average molecular weight is 586 g/mol. The summed E-state index contributed by atoms with van der Waals surface area (Å²) in [6.07, 6.45) is 0.0884. The van der Waals surface area contributed by atoms with Gasteiger partial charge in [0.25, 0.3) is 0 Å². The fraction of sp³-hybridized carbons (Fsp3) is 0.481. The molecule has 2 aromatic carbocycles. The molecule has 204 valence electrons. The van der Waals surface area contributed by atoms with Gasteiger partial charge >= 0.3 is 12.1 Å². The highest BCUT2D eigenvalue weighted by Crippen LogP contribution is 2.21. The van der Waals surface area contributed by atoms with E-state index in [-0.39, 0.29) is 26.0 Å². The second-order valence-electron chi connectivity index (χ2n) is 8.67. The number of carbonyl (C=O) groups excluding carboxylic acids is 1. The zero-order valence-corrected chi connectivity index (χ0v) is 22.7. The summed E-state index contributed by atoms with van der Waals surface area (Å²) in [6, 6.07) is 13.9. The van der Waals surface area contributed by atoms with E-state index in [0.717, 1.165) is 17.0 Å². The predicted octanol–water partition coefficient (Wildman–Crippen LogP) is 6.58. The summed E-state index contributed by atoms with van der Waals surface area (Å²) in [5, 5.41) is 9.24. The quantitative estimate of drug-likeness (QED) is 0.224. The molecule has 0 aliphatic carbocycles. The van der Waals surface area contributed by atoms with Crippen LogP contribution in [0.15, 0.2) is 53.0 Å². The minimum absolute atomic E-state index is 0.187. The Morgan fingerprint density at radius 2 is 1.65 bits per heavy atom. The fourth-order valence-corrected chi connectivity index (χ4v) is 3.77. The van der Waals surface area contributed by atoms with E-state index in [4.69, 9.17) is 14.2 Å². The smallest absolute Gasteiger partial charge is 0.415 e. The van der Waals surface area contributed by atoms with Gasteiger partial charge in [0.2, 0.25) is 5.92 Å². The van der Waals surface area contributed by atoms with Crippen LogP contribution in [0.3, 0.4) is 0 Å². The summed E-state index contributed by atoms with van der Waals surface area (Å²) in [5.74, 6) is -2.74. The number of carbonyl (C=O) groups is 2. The Morgan fingerprint density at radius 1 is 1.00 bits per heavy atom. The van der Waals surface area contributed by atoms with Crippen LogP contribution in [0.2, 0.25) is 0 Å². The van der Waals surface area contributed by atoms with Crippen LogP contribution in [0.5, 0.6) is 11.5 Å². The predicted molar refractivity (Wildman–Crippen MR) is 140 cm³/mol. The molecular formula is C27H34BrF2NO6. The number of carboxylic acids is 1. The van der Waals surface area contributed by atoms with Gasteiger partial charge in [0.1, 0.15) is 18.1 Å². The molecule has 1 atom stereocenters. The van der Waals surface area contributed by atoms with E-state index in [0.29, 0.717) is 43.9 Å². The van der Waals surface area contributed by atoms with E-state index in [1.54, 1.807) is 55.5 Å². The summed E-state index contributed by atoms with van der Waals surface area (Å²) < 4.78 is 43.5. The molecule has 2 rings (SSSR count). The molecule has 7 nitrogen and oxygen atoms in total. The Labute approximate surface area is 224 Å². The molecule has 0 saturated heterocycles. The Morgan fingerprint density at radius 3 is 2.24 bits per heavy atom. The van der Waals surface area contributed by atoms with Gasteiger partial charge < -0.3 is 24.2 Å². The van der Waals surface area contributed by atoms with Crippen molar-refractivity contribution in [2.45, 2.75) is 58.0 Å². The fourth-order valence-electron chi connectivity index (χ4n) is 3.51. The molecule has 0 aliphatic rings. The third kappa shape index (κ3) is 12.4. The topological polar surface area (TPSA) is 85.3 Å². The van der Waals surface area contributed by atoms with Crippen molar-refractivity contribution >= 4 is 28.0 Å². The first-order valence-corrected chi connectivity index (χ1v) is 13.0. The molecule has 1 N–H and O–H groups in total. The summed E-state index contributed by atoms with van der Waals surface area (Å²) in [5.41, 5.74) is 0.797. The summed E-state index contributed by atoms with van der Waals surface area (Å²) in [7, 11) is 0. The Hall–Kier alpha value is -2.72. The number of aliphatic carboxylic acids is 1. The lowest BCUT2D eigenvalue weighted by Gasteiger charge is -2.22.